The molecule has 6 heteroatoms. The molecule has 1 atom stereocenters. The van der Waals surface area contributed by atoms with E-state index in [-0.39, 0.29) is 24.0 Å². The topological polar surface area (TPSA) is 78.4 Å². The van der Waals surface area contributed by atoms with E-state index in [1.165, 1.54) is 18.2 Å². The summed E-state index contributed by atoms with van der Waals surface area (Å²) in [6, 6.07) is 4.86. The number of aliphatic hydroxyl groups excluding tert-OH is 1. The zero-order chi connectivity index (χ0) is 15.8. The van der Waals surface area contributed by atoms with Crippen LogP contribution in [-0.4, -0.2) is 36.1 Å². The number of carbonyl (C=O) groups is 2. The van der Waals surface area contributed by atoms with Crippen molar-refractivity contribution in [2.45, 2.75) is 26.3 Å². The van der Waals surface area contributed by atoms with Crippen LogP contribution in [-0.2, 0) is 4.79 Å². The van der Waals surface area contributed by atoms with Crippen molar-refractivity contribution in [3.8, 4) is 0 Å². The molecule has 1 aromatic carbocycles. The van der Waals surface area contributed by atoms with Gasteiger partial charge in [-0.3, -0.25) is 9.59 Å². The molecule has 0 unspecified atom stereocenters. The van der Waals surface area contributed by atoms with Gasteiger partial charge < -0.3 is 15.7 Å². The van der Waals surface area contributed by atoms with E-state index in [2.05, 4.69) is 10.6 Å². The van der Waals surface area contributed by atoms with Crippen molar-refractivity contribution in [2.75, 3.05) is 13.2 Å². The van der Waals surface area contributed by atoms with E-state index in [4.69, 9.17) is 5.11 Å². The summed E-state index contributed by atoms with van der Waals surface area (Å²) in [6.45, 7) is 3.89. The molecule has 0 saturated carbocycles. The highest BCUT2D eigenvalue weighted by Gasteiger charge is 2.25. The summed E-state index contributed by atoms with van der Waals surface area (Å²) < 4.78 is 13.6. The Kier molecular flexibility index (Phi) is 6.81. The smallest absolute Gasteiger partial charge is 0.254 e. The molecule has 0 aromatic heterocycles. The summed E-state index contributed by atoms with van der Waals surface area (Å²) in [7, 11) is 0. The Balaban J connectivity index is 2.72. The van der Waals surface area contributed by atoms with E-state index in [1.54, 1.807) is 19.9 Å². The first kappa shape index (κ1) is 17.1. The van der Waals surface area contributed by atoms with Crippen molar-refractivity contribution < 1.29 is 19.1 Å². The lowest BCUT2D eigenvalue weighted by Gasteiger charge is -2.21. The summed E-state index contributed by atoms with van der Waals surface area (Å²) >= 11 is 0. The number of hydrogen-bond acceptors (Lipinski definition) is 3. The lowest BCUT2D eigenvalue weighted by Crippen LogP contribution is -2.50. The molecule has 1 rings (SSSR count). The first-order chi connectivity index (χ1) is 9.97. The van der Waals surface area contributed by atoms with Crippen LogP contribution < -0.4 is 10.6 Å². The van der Waals surface area contributed by atoms with Crippen LogP contribution in [0.25, 0.3) is 0 Å². The SMILES string of the molecule is CC(C)[C@H](NC(=O)c1ccccc1F)C(=O)NCCCO. The Labute approximate surface area is 123 Å². The Morgan fingerprint density at radius 1 is 1.29 bits per heavy atom. The Bertz CT molecular complexity index is 492. The van der Waals surface area contributed by atoms with Crippen LogP contribution in [0.5, 0.6) is 0 Å². The molecule has 0 heterocycles. The van der Waals surface area contributed by atoms with E-state index >= 15 is 0 Å². The van der Waals surface area contributed by atoms with Gasteiger partial charge in [0.1, 0.15) is 11.9 Å². The molecule has 0 aliphatic rings. The fraction of sp³-hybridized carbons (Fsp3) is 0.467. The number of nitrogens with one attached hydrogen (secondary N) is 2. The van der Waals surface area contributed by atoms with E-state index in [0.29, 0.717) is 13.0 Å². The van der Waals surface area contributed by atoms with Crippen LogP contribution in [0.2, 0.25) is 0 Å². The number of aliphatic hydroxyl groups is 1. The molecule has 0 radical (unpaired) electrons. The zero-order valence-corrected chi connectivity index (χ0v) is 12.2. The van der Waals surface area contributed by atoms with E-state index in [1.807, 2.05) is 0 Å². The predicted octanol–water partition coefficient (Wildman–Crippen LogP) is 1.08. The van der Waals surface area contributed by atoms with E-state index in [9.17, 15) is 14.0 Å². The maximum absolute atomic E-state index is 13.6. The molecule has 21 heavy (non-hydrogen) atoms. The lowest BCUT2D eigenvalue weighted by atomic mass is 10.0. The maximum Gasteiger partial charge on any atom is 0.254 e. The molecular formula is C15H21FN2O3. The molecular weight excluding hydrogens is 275 g/mol. The number of amides is 2. The molecule has 1 aromatic rings. The molecule has 0 bridgehead atoms. The summed E-state index contributed by atoms with van der Waals surface area (Å²) in [6.07, 6.45) is 0.442. The molecule has 0 fully saturated rings. The van der Waals surface area contributed by atoms with Gasteiger partial charge in [-0.25, -0.2) is 4.39 Å². The van der Waals surface area contributed by atoms with E-state index < -0.39 is 17.8 Å². The average molecular weight is 296 g/mol. The van der Waals surface area contributed by atoms with Crippen LogP contribution in [0.1, 0.15) is 30.6 Å². The number of halogens is 1. The second-order valence-corrected chi connectivity index (χ2v) is 5.04. The highest BCUT2D eigenvalue weighted by molar-refractivity contribution is 5.97. The third-order valence-electron chi connectivity index (χ3n) is 2.99. The highest BCUT2D eigenvalue weighted by Crippen LogP contribution is 2.08. The molecule has 0 aliphatic carbocycles. The van der Waals surface area contributed by atoms with Gasteiger partial charge >= 0.3 is 0 Å². The van der Waals surface area contributed by atoms with Gasteiger partial charge in [-0.2, -0.15) is 0 Å². The molecule has 0 saturated heterocycles. The first-order valence-corrected chi connectivity index (χ1v) is 6.91. The van der Waals surface area contributed by atoms with Gasteiger partial charge in [-0.15, -0.1) is 0 Å². The highest BCUT2D eigenvalue weighted by atomic mass is 19.1. The fourth-order valence-electron chi connectivity index (χ4n) is 1.80. The zero-order valence-electron chi connectivity index (χ0n) is 12.2. The van der Waals surface area contributed by atoms with Crippen molar-refractivity contribution in [1.82, 2.24) is 10.6 Å². The van der Waals surface area contributed by atoms with Crippen molar-refractivity contribution >= 4 is 11.8 Å². The van der Waals surface area contributed by atoms with Gasteiger partial charge in [0.25, 0.3) is 5.91 Å². The minimum Gasteiger partial charge on any atom is -0.396 e. The van der Waals surface area contributed by atoms with Gasteiger partial charge in [-0.05, 0) is 24.5 Å². The largest absolute Gasteiger partial charge is 0.396 e. The van der Waals surface area contributed by atoms with Gasteiger partial charge in [0, 0.05) is 13.2 Å². The van der Waals surface area contributed by atoms with Crippen LogP contribution in [0.3, 0.4) is 0 Å². The number of hydrogen-bond donors (Lipinski definition) is 3. The van der Waals surface area contributed by atoms with Crippen LogP contribution in [0.15, 0.2) is 24.3 Å². The van der Waals surface area contributed by atoms with Crippen molar-refractivity contribution in [3.05, 3.63) is 35.6 Å². The van der Waals surface area contributed by atoms with Gasteiger partial charge in [0.05, 0.1) is 5.56 Å². The Morgan fingerprint density at radius 2 is 1.95 bits per heavy atom. The second-order valence-electron chi connectivity index (χ2n) is 5.04. The summed E-state index contributed by atoms with van der Waals surface area (Å²) in [4.78, 5) is 24.1. The van der Waals surface area contributed by atoms with Gasteiger partial charge in [0.15, 0.2) is 0 Å². The minimum absolute atomic E-state index is 0.0196. The van der Waals surface area contributed by atoms with Crippen LogP contribution >= 0.6 is 0 Å². The third kappa shape index (κ3) is 5.15. The third-order valence-corrected chi connectivity index (χ3v) is 2.99. The normalized spacial score (nSPS) is 12.0. The van der Waals surface area contributed by atoms with Gasteiger partial charge in [0.2, 0.25) is 5.91 Å². The molecule has 3 N–H and O–H groups in total. The van der Waals surface area contributed by atoms with Crippen LogP contribution in [0, 0.1) is 11.7 Å². The van der Waals surface area contributed by atoms with Crippen molar-refractivity contribution in [1.29, 1.82) is 0 Å². The lowest BCUT2D eigenvalue weighted by molar-refractivity contribution is -0.123. The van der Waals surface area contributed by atoms with Crippen molar-refractivity contribution in [2.24, 2.45) is 5.92 Å². The number of carbonyl (C=O) groups excluding carboxylic acids is 2. The van der Waals surface area contributed by atoms with E-state index in [0.717, 1.165) is 0 Å². The average Bonchev–Trinajstić information content (AvgIpc) is 2.44. The maximum atomic E-state index is 13.6. The first-order valence-electron chi connectivity index (χ1n) is 6.91. The standard InChI is InChI=1S/C15H21FN2O3/c1-10(2)13(15(21)17-8-5-9-19)18-14(20)11-6-3-4-7-12(11)16/h3-4,6-7,10,13,19H,5,8-9H2,1-2H3,(H,17,21)(H,18,20)/t13-/m0/s1. The second kappa shape index (κ2) is 8.36. The monoisotopic (exact) mass is 296 g/mol. The minimum atomic E-state index is -0.754. The Morgan fingerprint density at radius 3 is 2.52 bits per heavy atom. The Hall–Kier alpha value is -1.95. The molecule has 116 valence electrons. The fourth-order valence-corrected chi connectivity index (χ4v) is 1.80. The van der Waals surface area contributed by atoms with Crippen LogP contribution in [0.4, 0.5) is 4.39 Å². The summed E-state index contributed by atoms with van der Waals surface area (Å²) in [5.74, 6) is -1.74. The molecule has 0 aliphatic heterocycles. The van der Waals surface area contributed by atoms with Gasteiger partial charge in [-0.1, -0.05) is 26.0 Å². The van der Waals surface area contributed by atoms with Crippen molar-refractivity contribution in [3.63, 3.8) is 0 Å². The quantitative estimate of drug-likeness (QED) is 0.659. The summed E-state index contributed by atoms with van der Waals surface area (Å²) in [5, 5.41) is 13.9. The number of benzene rings is 1. The predicted molar refractivity (Wildman–Crippen MR) is 77.2 cm³/mol. The molecule has 5 nitrogen and oxygen atoms in total. The number of rotatable bonds is 7. The molecule has 2 amide bonds. The summed E-state index contributed by atoms with van der Waals surface area (Å²) in [5.41, 5.74) is -0.0914. The molecule has 0 spiro atoms.